The molecular weight excluding hydrogens is 1500 g/mol. The van der Waals surface area contributed by atoms with Crippen molar-refractivity contribution in [3.63, 3.8) is 0 Å². The van der Waals surface area contributed by atoms with Crippen molar-refractivity contribution in [3.8, 4) is 115 Å². The van der Waals surface area contributed by atoms with E-state index in [1.165, 1.54) is 232 Å². The summed E-state index contributed by atoms with van der Waals surface area (Å²) in [5, 5.41) is 22.5. The third kappa shape index (κ3) is 21.8. The molecule has 15 aromatic rings. The maximum atomic E-state index is 13.1. The molecule has 0 bridgehead atoms. The van der Waals surface area contributed by atoms with E-state index in [9.17, 15) is 4.79 Å². The van der Waals surface area contributed by atoms with Crippen LogP contribution in [0.5, 0.6) is 11.5 Å². The molecule has 0 fully saturated rings. The van der Waals surface area contributed by atoms with Crippen LogP contribution in [0.15, 0.2) is 255 Å². The second kappa shape index (κ2) is 43.6. The van der Waals surface area contributed by atoms with Crippen LogP contribution in [0.4, 0.5) is 5.69 Å². The van der Waals surface area contributed by atoms with Gasteiger partial charge in [-0.2, -0.15) is 0 Å². The van der Waals surface area contributed by atoms with Crippen molar-refractivity contribution in [2.24, 2.45) is 5.41 Å². The highest BCUT2D eigenvalue weighted by atomic mass is 16.5. The van der Waals surface area contributed by atoms with Crippen LogP contribution in [0.3, 0.4) is 0 Å². The fraction of sp³-hybridized carbons (Fsp3) is 0.308. The number of benzene rings is 15. The molecule has 0 saturated carbocycles. The van der Waals surface area contributed by atoms with Crippen molar-refractivity contribution in [1.82, 2.24) is 0 Å². The molecule has 0 spiro atoms. The maximum Gasteiger partial charge on any atom is 0.230 e. The van der Waals surface area contributed by atoms with Gasteiger partial charge in [-0.3, -0.25) is 4.79 Å². The molecule has 4 nitrogen and oxygen atoms in total. The van der Waals surface area contributed by atoms with Crippen LogP contribution >= 0.6 is 0 Å². The van der Waals surface area contributed by atoms with Crippen LogP contribution in [0.25, 0.3) is 142 Å². The summed E-state index contributed by atoms with van der Waals surface area (Å²) in [6, 6.07) is 94.7. The lowest BCUT2D eigenvalue weighted by Crippen LogP contribution is -2.29. The molecular formula is C120H123NO3. The Morgan fingerprint density at radius 1 is 0.347 bits per heavy atom. The molecule has 0 aromatic heterocycles. The first-order chi connectivity index (χ1) is 60.8. The average Bonchev–Trinajstić information content (AvgIpc) is 0.725. The number of carbonyl (C=O) groups excluding carboxylic acids is 1. The molecule has 1 amide bonds. The van der Waals surface area contributed by atoms with Gasteiger partial charge in [-0.05, 0) is 288 Å². The second-order valence-electron chi connectivity index (χ2n) is 35.0. The largest absolute Gasteiger partial charge is 0.494 e. The summed E-state index contributed by atoms with van der Waals surface area (Å²) in [7, 11) is 0. The van der Waals surface area contributed by atoms with E-state index < -0.39 is 5.41 Å². The van der Waals surface area contributed by atoms with E-state index >= 15 is 0 Å². The number of rotatable bonds is 37. The Morgan fingerprint density at radius 2 is 0.766 bits per heavy atom. The minimum absolute atomic E-state index is 0.00594. The first-order valence-corrected chi connectivity index (χ1v) is 46.6. The lowest BCUT2D eigenvalue weighted by molar-refractivity contribution is -0.124. The molecule has 0 heterocycles. The van der Waals surface area contributed by atoms with Gasteiger partial charge in [-0.1, -0.05) is 372 Å². The van der Waals surface area contributed by atoms with Crippen LogP contribution in [-0.2, 0) is 17.6 Å². The summed E-state index contributed by atoms with van der Waals surface area (Å²) in [5.41, 5.74) is 16.9. The van der Waals surface area contributed by atoms with Crippen molar-refractivity contribution in [1.29, 1.82) is 0 Å². The number of ether oxygens (including phenoxy) is 2. The number of fused-ring (bicyclic) bond motifs is 9. The molecule has 1 N–H and O–H groups in total. The number of aryl methyl sites for hydroxylation is 2. The summed E-state index contributed by atoms with van der Waals surface area (Å²) in [4.78, 5) is 13.1. The van der Waals surface area contributed by atoms with E-state index in [-0.39, 0.29) is 5.91 Å². The molecule has 0 saturated heterocycles. The third-order valence-corrected chi connectivity index (χ3v) is 25.8. The van der Waals surface area contributed by atoms with Gasteiger partial charge in [0.15, 0.2) is 0 Å². The summed E-state index contributed by atoms with van der Waals surface area (Å²) < 4.78 is 12.5. The number of anilines is 1. The van der Waals surface area contributed by atoms with E-state index in [1.807, 2.05) is 39.0 Å². The highest BCUT2D eigenvalue weighted by Gasteiger charge is 2.27. The Hall–Kier alpha value is -12.3. The van der Waals surface area contributed by atoms with Crippen molar-refractivity contribution in [3.05, 3.63) is 271 Å². The van der Waals surface area contributed by atoms with E-state index in [4.69, 9.17) is 15.9 Å². The number of carbonyl (C=O) groups is 1. The number of amides is 1. The highest BCUT2D eigenvalue weighted by molar-refractivity contribution is 6.24. The first-order valence-electron chi connectivity index (χ1n) is 46.6. The number of terminal acetylenes is 1. The van der Waals surface area contributed by atoms with E-state index in [2.05, 4.69) is 318 Å². The lowest BCUT2D eigenvalue weighted by atomic mass is 9.83. The molecule has 0 radical (unpaired) electrons. The maximum absolute atomic E-state index is 13.1. The Balaban J connectivity index is 0.000000202. The SMILES string of the molecule is C#CC#CC#CC#COc1ccc2c(-c3ccc4c(ccc5ccccc54)c3)c3cc(OCCCCCCCC)ccc3c(-c3ccc4cc(NC(=O)C(C)(C)CC)ccc4c3)c2c1.CCCCCCCCCCc1ccc2c(-c3ccc4cc(C(C)CC)ccc4c3)c3cc(CCCCCCCCCC)ccc3c(-c3ccc(-c4ccccc4)cc3)c2c1. The molecule has 1 atom stereocenters. The first kappa shape index (κ1) is 88.0. The predicted molar refractivity (Wildman–Crippen MR) is 536 cm³/mol. The zero-order chi connectivity index (χ0) is 86.0. The number of hydrogen-bond acceptors (Lipinski definition) is 3. The van der Waals surface area contributed by atoms with Gasteiger partial charge in [-0.25, -0.2) is 0 Å². The topological polar surface area (TPSA) is 47.6 Å². The number of unbranched alkanes of at least 4 members (excludes halogenated alkanes) is 19. The fourth-order valence-corrected chi connectivity index (χ4v) is 18.0. The van der Waals surface area contributed by atoms with Crippen molar-refractivity contribution >= 4 is 97.8 Å². The fourth-order valence-electron chi connectivity index (χ4n) is 18.0. The van der Waals surface area contributed by atoms with Gasteiger partial charge >= 0.3 is 0 Å². The van der Waals surface area contributed by atoms with E-state index in [0.717, 1.165) is 105 Å². The molecule has 0 aliphatic carbocycles. The zero-order valence-corrected chi connectivity index (χ0v) is 74.7. The van der Waals surface area contributed by atoms with Crippen LogP contribution in [0, 0.1) is 53.5 Å². The Bertz CT molecular complexity index is 6490. The van der Waals surface area contributed by atoms with Crippen LogP contribution < -0.4 is 14.8 Å². The van der Waals surface area contributed by atoms with E-state index in [1.54, 1.807) is 0 Å². The van der Waals surface area contributed by atoms with Gasteiger partial charge in [0.25, 0.3) is 0 Å². The molecule has 15 rings (SSSR count). The number of nitrogens with one attached hydrogen (secondary N) is 1. The van der Waals surface area contributed by atoms with Crippen molar-refractivity contribution in [2.45, 2.75) is 228 Å². The monoisotopic (exact) mass is 1630 g/mol. The smallest absolute Gasteiger partial charge is 0.230 e. The summed E-state index contributed by atoms with van der Waals surface area (Å²) in [6.45, 7) is 18.1. The lowest BCUT2D eigenvalue weighted by Gasteiger charge is -2.21. The van der Waals surface area contributed by atoms with Crippen LogP contribution in [-0.4, -0.2) is 12.5 Å². The molecule has 0 aliphatic heterocycles. The van der Waals surface area contributed by atoms with Gasteiger partial charge in [0.05, 0.1) is 6.61 Å². The van der Waals surface area contributed by atoms with Crippen LogP contribution in [0.2, 0.25) is 0 Å². The highest BCUT2D eigenvalue weighted by Crippen LogP contribution is 2.49. The zero-order valence-electron chi connectivity index (χ0n) is 74.7. The van der Waals surface area contributed by atoms with Gasteiger partial charge < -0.3 is 14.8 Å². The van der Waals surface area contributed by atoms with Gasteiger partial charge in [0.2, 0.25) is 5.91 Å². The standard InChI is InChI=1S/C60H51NO3.C60H72/c1-6-9-11-13-15-19-35-63-49-31-34-54-55(40-49)57(46-26-24-44-39-48(29-27-43(44)37-46)61-59(62)60(4,5)8-3)53-33-30-50(64-36-20-16-14-12-10-7-2)41-56(53)58(54)47-28-32-52-45(38-47)25-23-42-21-17-18-22-51(42)52;1-5-8-10-12-14-16-18-21-25-46-30-40-56-57(41-46)59(50-33-31-49(32-34-50)48-27-23-20-24-28-48)55-39-29-47(26-22-19-17-15-13-11-9-6-2)42-58(55)60(56)54-38-37-52-43-51(45(4)7-3)35-36-53(52)44-54/h1,17-18,21-34,37-41H,7-8,10,12,14,16,20,36H2,2-5H3,(H,61,62);20,23-24,27-45H,5-19,21-22,25-26H2,1-4H3. The van der Waals surface area contributed by atoms with Crippen LogP contribution in [0.1, 0.15) is 232 Å². The molecule has 4 heteroatoms. The minimum atomic E-state index is -0.466. The minimum Gasteiger partial charge on any atom is -0.494 e. The Kier molecular flexibility index (Phi) is 31.0. The summed E-state index contributed by atoms with van der Waals surface area (Å²) in [6.07, 6.45) is 40.9. The second-order valence-corrected chi connectivity index (χ2v) is 35.0. The van der Waals surface area contributed by atoms with Gasteiger partial charge in [-0.15, -0.1) is 6.42 Å². The summed E-state index contributed by atoms with van der Waals surface area (Å²) >= 11 is 0. The molecule has 1 unspecified atom stereocenters. The van der Waals surface area contributed by atoms with Gasteiger partial charge in [0.1, 0.15) is 17.6 Å². The quantitative estimate of drug-likeness (QED) is 0.0183. The summed E-state index contributed by atoms with van der Waals surface area (Å²) in [5.74, 6) is 17.3. The van der Waals surface area contributed by atoms with Crippen molar-refractivity contribution < 1.29 is 14.3 Å². The predicted octanol–water partition coefficient (Wildman–Crippen LogP) is 33.9. The van der Waals surface area contributed by atoms with E-state index in [0.29, 0.717) is 18.3 Å². The average molecular weight is 1630 g/mol. The molecule has 124 heavy (non-hydrogen) atoms. The number of hydrogen-bond donors (Lipinski definition) is 1. The van der Waals surface area contributed by atoms with Crippen molar-refractivity contribution in [2.75, 3.05) is 11.9 Å². The molecule has 626 valence electrons. The Labute approximate surface area is 739 Å². The molecule has 0 aliphatic rings. The normalized spacial score (nSPS) is 11.6. The third-order valence-electron chi connectivity index (χ3n) is 25.8. The molecule has 15 aromatic carbocycles. The van der Waals surface area contributed by atoms with Gasteiger partial charge in [0, 0.05) is 28.9 Å². The Morgan fingerprint density at radius 3 is 1.35 bits per heavy atom.